The summed E-state index contributed by atoms with van der Waals surface area (Å²) in [6.07, 6.45) is 4.01. The molecule has 0 unspecified atom stereocenters. The van der Waals surface area contributed by atoms with Crippen molar-refractivity contribution in [1.82, 2.24) is 14.9 Å². The highest BCUT2D eigenvalue weighted by Gasteiger charge is 2.20. The third-order valence-corrected chi connectivity index (χ3v) is 5.78. The Bertz CT molecular complexity index is 1040. The minimum absolute atomic E-state index is 0.267. The van der Waals surface area contributed by atoms with Gasteiger partial charge < -0.3 is 20.1 Å². The number of benzene rings is 2. The summed E-state index contributed by atoms with van der Waals surface area (Å²) in [6.45, 7) is 5.42. The monoisotopic (exact) mass is 417 g/mol. The molecule has 0 aliphatic carbocycles. The van der Waals surface area contributed by atoms with Crippen molar-refractivity contribution in [2.75, 3.05) is 30.5 Å². The normalized spacial score (nSPS) is 16.3. The molecule has 160 valence electrons. The van der Waals surface area contributed by atoms with E-state index in [9.17, 15) is 0 Å². The average molecular weight is 418 g/mol. The summed E-state index contributed by atoms with van der Waals surface area (Å²) < 4.78 is 10.8. The van der Waals surface area contributed by atoms with Gasteiger partial charge in [-0.05, 0) is 37.5 Å². The van der Waals surface area contributed by atoms with Gasteiger partial charge in [0, 0.05) is 49.2 Å². The molecule has 5 rings (SSSR count). The van der Waals surface area contributed by atoms with E-state index in [2.05, 4.69) is 50.8 Å². The van der Waals surface area contributed by atoms with E-state index in [0.717, 1.165) is 61.0 Å². The van der Waals surface area contributed by atoms with Crippen LogP contribution < -0.4 is 20.1 Å². The fourth-order valence-electron chi connectivity index (χ4n) is 4.01. The van der Waals surface area contributed by atoms with E-state index in [1.807, 2.05) is 31.3 Å². The quantitative estimate of drug-likeness (QED) is 0.618. The number of likely N-dealkylation sites (tertiary alicyclic amines) is 1. The molecule has 0 bridgehead atoms. The molecule has 3 aromatic rings. The second-order valence-corrected chi connectivity index (χ2v) is 8.10. The van der Waals surface area contributed by atoms with Gasteiger partial charge in [0.25, 0.3) is 0 Å². The number of piperidine rings is 1. The van der Waals surface area contributed by atoms with Gasteiger partial charge >= 0.3 is 0 Å². The molecule has 3 heterocycles. The lowest BCUT2D eigenvalue weighted by molar-refractivity contribution is 0.174. The van der Waals surface area contributed by atoms with E-state index < -0.39 is 0 Å². The molecule has 1 aromatic heterocycles. The number of nitrogens with zero attached hydrogens (tertiary/aromatic N) is 3. The van der Waals surface area contributed by atoms with E-state index in [-0.39, 0.29) is 6.79 Å². The predicted octanol–water partition coefficient (Wildman–Crippen LogP) is 4.33. The molecule has 0 spiro atoms. The fourth-order valence-corrected chi connectivity index (χ4v) is 4.01. The molecule has 2 N–H and O–H groups in total. The summed E-state index contributed by atoms with van der Waals surface area (Å²) in [7, 11) is 0. The largest absolute Gasteiger partial charge is 0.454 e. The summed E-state index contributed by atoms with van der Waals surface area (Å²) >= 11 is 0. The summed E-state index contributed by atoms with van der Waals surface area (Å²) in [5, 5.41) is 6.91. The molecule has 2 aliphatic heterocycles. The third-order valence-electron chi connectivity index (χ3n) is 5.78. The van der Waals surface area contributed by atoms with E-state index >= 15 is 0 Å². The van der Waals surface area contributed by atoms with Crippen LogP contribution in [0.15, 0.2) is 54.7 Å². The molecule has 2 aliphatic rings. The number of aryl methyl sites for hydroxylation is 1. The van der Waals surface area contributed by atoms with Crippen LogP contribution in [0.1, 0.15) is 24.0 Å². The molecular weight excluding hydrogens is 390 g/mol. The first-order chi connectivity index (χ1) is 15.2. The number of fused-ring (bicyclic) bond motifs is 1. The predicted molar refractivity (Wildman–Crippen MR) is 121 cm³/mol. The number of nitrogens with one attached hydrogen (secondary N) is 2. The number of ether oxygens (including phenoxy) is 2. The van der Waals surface area contributed by atoms with Crippen molar-refractivity contribution in [2.24, 2.45) is 0 Å². The van der Waals surface area contributed by atoms with Crippen LogP contribution in [0.3, 0.4) is 0 Å². The first kappa shape index (κ1) is 19.6. The molecule has 31 heavy (non-hydrogen) atoms. The van der Waals surface area contributed by atoms with Crippen LogP contribution in [0, 0.1) is 6.92 Å². The van der Waals surface area contributed by atoms with Crippen LogP contribution >= 0.6 is 0 Å². The zero-order valence-electron chi connectivity index (χ0n) is 17.7. The second kappa shape index (κ2) is 8.81. The Morgan fingerprint density at radius 1 is 1.03 bits per heavy atom. The van der Waals surface area contributed by atoms with Crippen molar-refractivity contribution < 1.29 is 9.47 Å². The second-order valence-electron chi connectivity index (χ2n) is 8.10. The molecule has 7 nitrogen and oxygen atoms in total. The molecule has 1 fully saturated rings. The highest BCUT2D eigenvalue weighted by molar-refractivity contribution is 5.64. The molecule has 0 amide bonds. The smallest absolute Gasteiger partial charge is 0.231 e. The minimum Gasteiger partial charge on any atom is -0.454 e. The van der Waals surface area contributed by atoms with Crippen LogP contribution in [-0.2, 0) is 6.54 Å². The molecular formula is C24H27N5O2. The van der Waals surface area contributed by atoms with Crippen LogP contribution in [0.25, 0.3) is 0 Å². The van der Waals surface area contributed by atoms with Crippen LogP contribution in [0.2, 0.25) is 0 Å². The SMILES string of the molecule is Cc1cnc(NC2CCN(Cc3ccccc3)CC2)nc1Nc1ccc2c(c1)OCO2. The van der Waals surface area contributed by atoms with Crippen LogP contribution in [0.4, 0.5) is 17.5 Å². The van der Waals surface area contributed by atoms with E-state index in [4.69, 9.17) is 14.5 Å². The molecule has 2 aromatic carbocycles. The molecule has 0 saturated carbocycles. The van der Waals surface area contributed by atoms with Gasteiger partial charge in [0.15, 0.2) is 11.5 Å². The first-order valence-electron chi connectivity index (χ1n) is 10.8. The van der Waals surface area contributed by atoms with Crippen LogP contribution in [0.5, 0.6) is 11.5 Å². The van der Waals surface area contributed by atoms with E-state index in [1.165, 1.54) is 5.56 Å². The highest BCUT2D eigenvalue weighted by atomic mass is 16.7. The number of hydrogen-bond donors (Lipinski definition) is 2. The van der Waals surface area contributed by atoms with Gasteiger partial charge in [0.1, 0.15) is 5.82 Å². The first-order valence-corrected chi connectivity index (χ1v) is 10.8. The molecule has 1 saturated heterocycles. The number of rotatable bonds is 6. The Balaban J connectivity index is 1.19. The van der Waals surface area contributed by atoms with Crippen molar-refractivity contribution in [3.05, 3.63) is 65.9 Å². The van der Waals surface area contributed by atoms with Crippen LogP contribution in [-0.4, -0.2) is 40.8 Å². The molecule has 7 heteroatoms. The van der Waals surface area contributed by atoms with Crippen molar-refractivity contribution in [2.45, 2.75) is 32.4 Å². The maximum absolute atomic E-state index is 5.47. The van der Waals surface area contributed by atoms with Crippen molar-refractivity contribution in [3.63, 3.8) is 0 Å². The highest BCUT2D eigenvalue weighted by Crippen LogP contribution is 2.35. The maximum atomic E-state index is 5.47. The lowest BCUT2D eigenvalue weighted by atomic mass is 10.0. The average Bonchev–Trinajstić information content (AvgIpc) is 3.26. The Kier molecular flexibility index (Phi) is 5.58. The Hall–Kier alpha value is -3.32. The zero-order valence-corrected chi connectivity index (χ0v) is 17.7. The summed E-state index contributed by atoms with van der Waals surface area (Å²) in [6, 6.07) is 16.8. The zero-order chi connectivity index (χ0) is 21.0. The van der Waals surface area contributed by atoms with Gasteiger partial charge in [0.05, 0.1) is 0 Å². The van der Waals surface area contributed by atoms with Gasteiger partial charge in [0.2, 0.25) is 12.7 Å². The minimum atomic E-state index is 0.267. The Morgan fingerprint density at radius 3 is 2.68 bits per heavy atom. The third kappa shape index (κ3) is 4.72. The Morgan fingerprint density at radius 2 is 1.84 bits per heavy atom. The van der Waals surface area contributed by atoms with Crippen molar-refractivity contribution >= 4 is 17.5 Å². The summed E-state index contributed by atoms with van der Waals surface area (Å²) in [5.74, 6) is 2.97. The van der Waals surface area contributed by atoms with E-state index in [1.54, 1.807) is 0 Å². The standard InChI is InChI=1S/C24H27N5O2/c1-17-14-25-24(28-23(17)26-20-7-8-21-22(13-20)31-16-30-21)27-19-9-11-29(12-10-19)15-18-5-3-2-4-6-18/h2-8,13-14,19H,9-12,15-16H2,1H3,(H2,25,26,27,28). The summed E-state index contributed by atoms with van der Waals surface area (Å²) in [5.41, 5.74) is 3.27. The maximum Gasteiger partial charge on any atom is 0.231 e. The molecule has 0 radical (unpaired) electrons. The van der Waals surface area contributed by atoms with Crippen molar-refractivity contribution in [1.29, 1.82) is 0 Å². The topological polar surface area (TPSA) is 71.5 Å². The lowest BCUT2D eigenvalue weighted by Crippen LogP contribution is -2.39. The van der Waals surface area contributed by atoms with Gasteiger partial charge in [-0.2, -0.15) is 4.98 Å². The van der Waals surface area contributed by atoms with Crippen molar-refractivity contribution in [3.8, 4) is 11.5 Å². The Labute approximate surface area is 182 Å². The van der Waals surface area contributed by atoms with Gasteiger partial charge in [-0.1, -0.05) is 30.3 Å². The lowest BCUT2D eigenvalue weighted by Gasteiger charge is -2.32. The molecule has 0 atom stereocenters. The fraction of sp³-hybridized carbons (Fsp3) is 0.333. The van der Waals surface area contributed by atoms with Gasteiger partial charge in [-0.3, -0.25) is 4.90 Å². The van der Waals surface area contributed by atoms with Gasteiger partial charge in [-0.25, -0.2) is 4.98 Å². The number of hydrogen-bond acceptors (Lipinski definition) is 7. The number of aromatic nitrogens is 2. The summed E-state index contributed by atoms with van der Waals surface area (Å²) in [4.78, 5) is 11.7. The number of anilines is 3. The van der Waals surface area contributed by atoms with E-state index in [0.29, 0.717) is 12.0 Å². The van der Waals surface area contributed by atoms with Gasteiger partial charge in [-0.15, -0.1) is 0 Å².